The summed E-state index contributed by atoms with van der Waals surface area (Å²) >= 11 is 0. The molecule has 2 rings (SSSR count). The van der Waals surface area contributed by atoms with Gasteiger partial charge in [-0.2, -0.15) is 0 Å². The zero-order valence-corrected chi connectivity index (χ0v) is 10.6. The maximum atomic E-state index is 5.41. The van der Waals surface area contributed by atoms with Gasteiger partial charge in [0.25, 0.3) is 0 Å². The van der Waals surface area contributed by atoms with Gasteiger partial charge in [-0.25, -0.2) is 0 Å². The zero-order valence-electron chi connectivity index (χ0n) is 10.6. The Hall–Kier alpha value is -0.930. The second-order valence-electron chi connectivity index (χ2n) is 4.69. The highest BCUT2D eigenvalue weighted by atomic mass is 16.5. The average Bonchev–Trinajstić information content (AvgIpc) is 2.40. The second-order valence-corrected chi connectivity index (χ2v) is 4.69. The first kappa shape index (κ1) is 12.5. The van der Waals surface area contributed by atoms with Gasteiger partial charge in [0, 0.05) is 31.6 Å². The summed E-state index contributed by atoms with van der Waals surface area (Å²) in [4.78, 5) is 4.22. The van der Waals surface area contributed by atoms with Crippen molar-refractivity contribution < 1.29 is 4.74 Å². The normalized spacial score (nSPS) is 19.1. The molecule has 1 aromatic heterocycles. The van der Waals surface area contributed by atoms with E-state index in [0.29, 0.717) is 6.04 Å². The highest BCUT2D eigenvalue weighted by molar-refractivity contribution is 5.13. The van der Waals surface area contributed by atoms with Crippen LogP contribution >= 0.6 is 0 Å². The summed E-state index contributed by atoms with van der Waals surface area (Å²) in [6, 6.07) is 4.63. The molecule has 1 aliphatic heterocycles. The van der Waals surface area contributed by atoms with E-state index >= 15 is 0 Å². The third kappa shape index (κ3) is 3.79. The number of rotatable bonds is 5. The summed E-state index contributed by atoms with van der Waals surface area (Å²) < 4.78 is 5.41. The summed E-state index contributed by atoms with van der Waals surface area (Å²) in [6.45, 7) is 5.02. The first-order chi connectivity index (χ1) is 8.40. The summed E-state index contributed by atoms with van der Waals surface area (Å²) in [5.41, 5.74) is 1.31. The molecular weight excluding hydrogens is 212 g/mol. The molecule has 1 unspecified atom stereocenters. The van der Waals surface area contributed by atoms with Crippen LogP contribution in [0.5, 0.6) is 0 Å². The van der Waals surface area contributed by atoms with E-state index in [9.17, 15) is 0 Å². The van der Waals surface area contributed by atoms with Crippen molar-refractivity contribution >= 4 is 0 Å². The Kier molecular flexibility index (Phi) is 4.95. The molecule has 0 saturated carbocycles. The minimum atomic E-state index is 0.441. The monoisotopic (exact) mass is 234 g/mol. The first-order valence-electron chi connectivity index (χ1n) is 6.61. The van der Waals surface area contributed by atoms with Crippen molar-refractivity contribution in [2.75, 3.05) is 19.8 Å². The third-order valence-corrected chi connectivity index (χ3v) is 3.45. The number of nitrogens with one attached hydrogen (secondary N) is 1. The Morgan fingerprint density at radius 2 is 2.29 bits per heavy atom. The maximum Gasteiger partial charge on any atom is 0.0468 e. The van der Waals surface area contributed by atoms with Crippen LogP contribution in [0.3, 0.4) is 0 Å². The Balaban J connectivity index is 1.96. The molecule has 0 aromatic carbocycles. The standard InChI is InChI=1S/C14H22N2O/c1-2-16-14(13-4-3-7-15-11-13)10-12-5-8-17-9-6-12/h3-4,7,11-12,14,16H,2,5-6,8-10H2,1H3. The van der Waals surface area contributed by atoms with E-state index in [2.05, 4.69) is 23.3 Å². The van der Waals surface area contributed by atoms with E-state index in [1.165, 1.54) is 24.8 Å². The lowest BCUT2D eigenvalue weighted by atomic mass is 9.90. The van der Waals surface area contributed by atoms with Crippen LogP contribution < -0.4 is 5.32 Å². The third-order valence-electron chi connectivity index (χ3n) is 3.45. The van der Waals surface area contributed by atoms with Gasteiger partial charge in [-0.05, 0) is 43.4 Å². The molecule has 3 nitrogen and oxygen atoms in total. The molecule has 1 aliphatic rings. The van der Waals surface area contributed by atoms with Crippen molar-refractivity contribution in [3.8, 4) is 0 Å². The molecule has 0 spiro atoms. The van der Waals surface area contributed by atoms with Crippen LogP contribution in [0.15, 0.2) is 24.5 Å². The molecule has 94 valence electrons. The summed E-state index contributed by atoms with van der Waals surface area (Å²) in [5, 5.41) is 3.57. The van der Waals surface area contributed by atoms with Gasteiger partial charge in [0.2, 0.25) is 0 Å². The Morgan fingerprint density at radius 3 is 2.94 bits per heavy atom. The Morgan fingerprint density at radius 1 is 1.47 bits per heavy atom. The molecule has 0 bridgehead atoms. The predicted octanol–water partition coefficient (Wildman–Crippen LogP) is 2.55. The molecule has 1 atom stereocenters. The Labute approximate surface area is 104 Å². The van der Waals surface area contributed by atoms with E-state index in [0.717, 1.165) is 25.7 Å². The number of hydrogen-bond donors (Lipinski definition) is 1. The van der Waals surface area contributed by atoms with Gasteiger partial charge in [0.05, 0.1) is 0 Å². The molecule has 0 aliphatic carbocycles. The highest BCUT2D eigenvalue weighted by Gasteiger charge is 2.19. The van der Waals surface area contributed by atoms with Crippen LogP contribution in [0.1, 0.15) is 37.8 Å². The molecule has 1 aromatic rings. The van der Waals surface area contributed by atoms with Crippen molar-refractivity contribution in [1.82, 2.24) is 10.3 Å². The van der Waals surface area contributed by atoms with Crippen LogP contribution in [0.2, 0.25) is 0 Å². The van der Waals surface area contributed by atoms with E-state index in [-0.39, 0.29) is 0 Å². The van der Waals surface area contributed by atoms with Crippen molar-refractivity contribution in [3.05, 3.63) is 30.1 Å². The van der Waals surface area contributed by atoms with Crippen molar-refractivity contribution in [2.24, 2.45) is 5.92 Å². The number of ether oxygens (including phenoxy) is 1. The smallest absolute Gasteiger partial charge is 0.0468 e. The van der Waals surface area contributed by atoms with Gasteiger partial charge in [0.15, 0.2) is 0 Å². The highest BCUT2D eigenvalue weighted by Crippen LogP contribution is 2.27. The molecular formula is C14H22N2O. The molecule has 1 fully saturated rings. The SMILES string of the molecule is CCNC(CC1CCOCC1)c1cccnc1. The molecule has 0 radical (unpaired) electrons. The van der Waals surface area contributed by atoms with Crippen LogP contribution in [-0.2, 0) is 4.74 Å². The quantitative estimate of drug-likeness (QED) is 0.850. The van der Waals surface area contributed by atoms with Gasteiger partial charge in [-0.15, -0.1) is 0 Å². The van der Waals surface area contributed by atoms with Crippen LogP contribution in [0, 0.1) is 5.92 Å². The minimum absolute atomic E-state index is 0.441. The van der Waals surface area contributed by atoms with Crippen LogP contribution in [0.25, 0.3) is 0 Å². The fraction of sp³-hybridized carbons (Fsp3) is 0.643. The fourth-order valence-corrected chi connectivity index (χ4v) is 2.48. The van der Waals surface area contributed by atoms with Gasteiger partial charge < -0.3 is 10.1 Å². The predicted molar refractivity (Wildman–Crippen MR) is 68.8 cm³/mol. The van der Waals surface area contributed by atoms with Gasteiger partial charge in [-0.1, -0.05) is 13.0 Å². The summed E-state index contributed by atoms with van der Waals surface area (Å²) in [5.74, 6) is 0.785. The van der Waals surface area contributed by atoms with E-state index < -0.39 is 0 Å². The summed E-state index contributed by atoms with van der Waals surface area (Å²) in [7, 11) is 0. The molecule has 2 heterocycles. The largest absolute Gasteiger partial charge is 0.381 e. The zero-order chi connectivity index (χ0) is 11.9. The van der Waals surface area contributed by atoms with E-state index in [1.807, 2.05) is 18.5 Å². The first-order valence-corrected chi connectivity index (χ1v) is 6.61. The van der Waals surface area contributed by atoms with Crippen molar-refractivity contribution in [1.29, 1.82) is 0 Å². The lowest BCUT2D eigenvalue weighted by Crippen LogP contribution is -2.26. The fourth-order valence-electron chi connectivity index (χ4n) is 2.48. The molecule has 0 amide bonds. The number of hydrogen-bond acceptors (Lipinski definition) is 3. The van der Waals surface area contributed by atoms with Crippen molar-refractivity contribution in [2.45, 2.75) is 32.2 Å². The maximum absolute atomic E-state index is 5.41. The van der Waals surface area contributed by atoms with E-state index in [4.69, 9.17) is 4.74 Å². The molecule has 1 saturated heterocycles. The van der Waals surface area contributed by atoms with Crippen molar-refractivity contribution in [3.63, 3.8) is 0 Å². The Bertz CT molecular complexity index is 309. The number of pyridine rings is 1. The lowest BCUT2D eigenvalue weighted by molar-refractivity contribution is 0.0605. The number of aromatic nitrogens is 1. The number of nitrogens with zero attached hydrogens (tertiary/aromatic N) is 1. The lowest BCUT2D eigenvalue weighted by Gasteiger charge is -2.27. The molecule has 17 heavy (non-hydrogen) atoms. The minimum Gasteiger partial charge on any atom is -0.381 e. The van der Waals surface area contributed by atoms with E-state index in [1.54, 1.807) is 0 Å². The second kappa shape index (κ2) is 6.72. The van der Waals surface area contributed by atoms with Gasteiger partial charge in [0.1, 0.15) is 0 Å². The van der Waals surface area contributed by atoms with Crippen LogP contribution in [-0.4, -0.2) is 24.7 Å². The van der Waals surface area contributed by atoms with Gasteiger partial charge >= 0.3 is 0 Å². The van der Waals surface area contributed by atoms with Gasteiger partial charge in [-0.3, -0.25) is 4.98 Å². The molecule has 3 heteroatoms. The topological polar surface area (TPSA) is 34.1 Å². The van der Waals surface area contributed by atoms with Crippen LogP contribution in [0.4, 0.5) is 0 Å². The summed E-state index contributed by atoms with van der Waals surface area (Å²) in [6.07, 6.45) is 7.40. The molecule has 1 N–H and O–H groups in total. The average molecular weight is 234 g/mol.